The molecule has 5 nitrogen and oxygen atoms in total. The summed E-state index contributed by atoms with van der Waals surface area (Å²) in [5.74, 6) is 0.405. The van der Waals surface area contributed by atoms with E-state index in [4.69, 9.17) is 9.47 Å². The summed E-state index contributed by atoms with van der Waals surface area (Å²) in [4.78, 5) is 23.4. The number of amides is 2. The molecular formula is C12H13NO4. The zero-order valence-corrected chi connectivity index (χ0v) is 9.46. The van der Waals surface area contributed by atoms with E-state index in [-0.39, 0.29) is 19.1 Å². The highest BCUT2D eigenvalue weighted by Crippen LogP contribution is 2.14. The molecule has 0 aromatic heterocycles. The molecule has 0 saturated carbocycles. The first-order valence-corrected chi connectivity index (χ1v) is 5.33. The second kappa shape index (κ2) is 4.86. The first-order chi connectivity index (χ1) is 8.16. The number of carbonyl (C=O) groups is 2. The van der Waals surface area contributed by atoms with E-state index in [9.17, 15) is 9.59 Å². The Balaban J connectivity index is 1.86. The third kappa shape index (κ3) is 2.75. The van der Waals surface area contributed by atoms with Gasteiger partial charge in [-0.05, 0) is 12.1 Å². The summed E-state index contributed by atoms with van der Waals surface area (Å²) < 4.78 is 10.4. The lowest BCUT2D eigenvalue weighted by Crippen LogP contribution is -2.30. The number of cyclic esters (lactones) is 1. The Kier molecular flexibility index (Phi) is 3.27. The van der Waals surface area contributed by atoms with Crippen LogP contribution in [0.15, 0.2) is 30.3 Å². The maximum atomic E-state index is 11.3. The van der Waals surface area contributed by atoms with Crippen molar-refractivity contribution in [2.75, 3.05) is 13.2 Å². The molecule has 1 heterocycles. The Bertz CT molecular complexity index is 418. The fourth-order valence-electron chi connectivity index (χ4n) is 1.57. The third-order valence-corrected chi connectivity index (χ3v) is 2.43. The van der Waals surface area contributed by atoms with E-state index < -0.39 is 12.2 Å². The molecule has 0 radical (unpaired) electrons. The molecule has 1 atom stereocenters. The van der Waals surface area contributed by atoms with E-state index in [1.54, 1.807) is 0 Å². The molecule has 0 spiro atoms. The summed E-state index contributed by atoms with van der Waals surface area (Å²) in [5, 5.41) is 0. The molecule has 2 amide bonds. The number of benzene rings is 1. The average Bonchev–Trinajstić information content (AvgIpc) is 2.69. The van der Waals surface area contributed by atoms with Gasteiger partial charge in [-0.1, -0.05) is 18.2 Å². The van der Waals surface area contributed by atoms with Gasteiger partial charge in [-0.2, -0.15) is 0 Å². The van der Waals surface area contributed by atoms with Crippen molar-refractivity contribution in [3.8, 4) is 5.75 Å². The summed E-state index contributed by atoms with van der Waals surface area (Å²) in [6.07, 6.45) is -0.995. The predicted molar refractivity (Wildman–Crippen MR) is 59.6 cm³/mol. The van der Waals surface area contributed by atoms with E-state index in [0.29, 0.717) is 5.75 Å². The quantitative estimate of drug-likeness (QED) is 0.795. The highest BCUT2D eigenvalue weighted by molar-refractivity contribution is 5.91. The summed E-state index contributed by atoms with van der Waals surface area (Å²) >= 11 is 0. The first-order valence-electron chi connectivity index (χ1n) is 5.33. The third-order valence-electron chi connectivity index (χ3n) is 2.43. The van der Waals surface area contributed by atoms with E-state index in [0.717, 1.165) is 4.90 Å². The van der Waals surface area contributed by atoms with E-state index in [1.807, 2.05) is 30.3 Å². The Morgan fingerprint density at radius 3 is 2.76 bits per heavy atom. The van der Waals surface area contributed by atoms with Crippen LogP contribution in [0.4, 0.5) is 4.79 Å². The van der Waals surface area contributed by atoms with Crippen LogP contribution in [0.3, 0.4) is 0 Å². The van der Waals surface area contributed by atoms with Crippen LogP contribution in [-0.4, -0.2) is 36.2 Å². The zero-order chi connectivity index (χ0) is 12.3. The molecular weight excluding hydrogens is 222 g/mol. The van der Waals surface area contributed by atoms with Gasteiger partial charge in [-0.25, -0.2) is 9.69 Å². The minimum Gasteiger partial charge on any atom is -0.490 e. The number of hydrogen-bond acceptors (Lipinski definition) is 4. The number of hydrogen-bond donors (Lipinski definition) is 0. The van der Waals surface area contributed by atoms with Crippen molar-refractivity contribution in [2.24, 2.45) is 0 Å². The minimum absolute atomic E-state index is 0.250. The van der Waals surface area contributed by atoms with Gasteiger partial charge in [0.2, 0.25) is 5.91 Å². The Labute approximate surface area is 98.9 Å². The van der Waals surface area contributed by atoms with Crippen LogP contribution in [0.25, 0.3) is 0 Å². The maximum absolute atomic E-state index is 11.3. The first kappa shape index (κ1) is 11.4. The highest BCUT2D eigenvalue weighted by atomic mass is 16.6. The fraction of sp³-hybridized carbons (Fsp3) is 0.333. The molecule has 0 bridgehead atoms. The maximum Gasteiger partial charge on any atom is 0.417 e. The molecule has 90 valence electrons. The van der Waals surface area contributed by atoms with Gasteiger partial charge < -0.3 is 9.47 Å². The summed E-state index contributed by atoms with van der Waals surface area (Å²) in [6.45, 7) is 1.84. The van der Waals surface area contributed by atoms with Gasteiger partial charge in [0.1, 0.15) is 12.4 Å². The molecule has 1 unspecified atom stereocenters. The number of imide groups is 1. The highest BCUT2D eigenvalue weighted by Gasteiger charge is 2.34. The molecule has 1 fully saturated rings. The van der Waals surface area contributed by atoms with E-state index in [2.05, 4.69) is 0 Å². The second-order valence-corrected chi connectivity index (χ2v) is 3.76. The van der Waals surface area contributed by atoms with Crippen LogP contribution in [0.2, 0.25) is 0 Å². The SMILES string of the molecule is CC(=O)N1CC(COc2ccccc2)OC1=O. The number of rotatable bonds is 3. The molecule has 0 N–H and O–H groups in total. The largest absolute Gasteiger partial charge is 0.490 e. The van der Waals surface area contributed by atoms with Gasteiger partial charge in [0.15, 0.2) is 6.10 Å². The molecule has 0 aliphatic carbocycles. The molecule has 17 heavy (non-hydrogen) atoms. The van der Waals surface area contributed by atoms with Gasteiger partial charge in [-0.3, -0.25) is 4.79 Å². The average molecular weight is 235 g/mol. The van der Waals surface area contributed by atoms with Crippen molar-refractivity contribution >= 4 is 12.0 Å². The van der Waals surface area contributed by atoms with Gasteiger partial charge in [0.25, 0.3) is 0 Å². The van der Waals surface area contributed by atoms with Crippen molar-refractivity contribution in [3.05, 3.63) is 30.3 Å². The van der Waals surface area contributed by atoms with Crippen LogP contribution < -0.4 is 4.74 Å². The lowest BCUT2D eigenvalue weighted by molar-refractivity contribution is -0.125. The predicted octanol–water partition coefficient (Wildman–Crippen LogP) is 1.43. The van der Waals surface area contributed by atoms with E-state index >= 15 is 0 Å². The van der Waals surface area contributed by atoms with Crippen molar-refractivity contribution in [1.29, 1.82) is 0 Å². The lowest BCUT2D eigenvalue weighted by Gasteiger charge is -2.10. The van der Waals surface area contributed by atoms with Crippen molar-refractivity contribution in [3.63, 3.8) is 0 Å². The minimum atomic E-state index is -0.598. The van der Waals surface area contributed by atoms with Crippen molar-refractivity contribution in [1.82, 2.24) is 4.90 Å². The molecule has 1 aromatic carbocycles. The molecule has 1 aliphatic rings. The summed E-state index contributed by atoms with van der Waals surface area (Å²) in [6, 6.07) is 9.24. The van der Waals surface area contributed by atoms with Crippen molar-refractivity contribution in [2.45, 2.75) is 13.0 Å². The normalized spacial score (nSPS) is 19.0. The Morgan fingerprint density at radius 2 is 2.18 bits per heavy atom. The van der Waals surface area contributed by atoms with Crippen molar-refractivity contribution < 1.29 is 19.1 Å². The van der Waals surface area contributed by atoms with Gasteiger partial charge >= 0.3 is 6.09 Å². The standard InChI is InChI=1S/C12H13NO4/c1-9(14)13-7-11(17-12(13)15)8-16-10-5-3-2-4-6-10/h2-6,11H,7-8H2,1H3. The van der Waals surface area contributed by atoms with Gasteiger partial charge in [0, 0.05) is 6.92 Å². The van der Waals surface area contributed by atoms with Gasteiger partial charge in [0.05, 0.1) is 6.54 Å². The summed E-state index contributed by atoms with van der Waals surface area (Å²) in [5.41, 5.74) is 0. The topological polar surface area (TPSA) is 55.8 Å². The van der Waals surface area contributed by atoms with Crippen LogP contribution in [0.1, 0.15) is 6.92 Å². The van der Waals surface area contributed by atoms with Gasteiger partial charge in [-0.15, -0.1) is 0 Å². The molecule has 2 rings (SSSR count). The molecule has 5 heteroatoms. The fourth-order valence-corrected chi connectivity index (χ4v) is 1.57. The zero-order valence-electron chi connectivity index (χ0n) is 9.46. The van der Waals surface area contributed by atoms with Crippen LogP contribution in [0.5, 0.6) is 5.75 Å². The lowest BCUT2D eigenvalue weighted by atomic mass is 10.3. The Morgan fingerprint density at radius 1 is 1.47 bits per heavy atom. The molecule has 1 aliphatic heterocycles. The van der Waals surface area contributed by atoms with Crippen LogP contribution >= 0.6 is 0 Å². The number of nitrogens with zero attached hydrogens (tertiary/aromatic N) is 1. The second-order valence-electron chi connectivity index (χ2n) is 3.76. The number of para-hydroxylation sites is 1. The monoisotopic (exact) mass is 235 g/mol. The number of carbonyl (C=O) groups excluding carboxylic acids is 2. The van der Waals surface area contributed by atoms with E-state index in [1.165, 1.54) is 6.92 Å². The summed E-state index contributed by atoms with van der Waals surface area (Å²) in [7, 11) is 0. The van der Waals surface area contributed by atoms with Crippen LogP contribution in [-0.2, 0) is 9.53 Å². The van der Waals surface area contributed by atoms with Crippen LogP contribution in [0, 0.1) is 0 Å². The smallest absolute Gasteiger partial charge is 0.417 e. The number of ether oxygens (including phenoxy) is 2. The molecule has 1 saturated heterocycles. The Hall–Kier alpha value is -2.04. The molecule has 1 aromatic rings.